The van der Waals surface area contributed by atoms with E-state index in [1.165, 1.54) is 25.9 Å². The highest BCUT2D eigenvalue weighted by Gasteiger charge is 2.19. The fraction of sp³-hybridized carbons (Fsp3) is 0.714. The number of carboxylic acids is 1. The third-order valence-electron chi connectivity index (χ3n) is 3.83. The number of rotatable bonds is 6. The predicted molar refractivity (Wildman–Crippen MR) is 81.6 cm³/mol. The van der Waals surface area contributed by atoms with Crippen LogP contribution in [-0.4, -0.2) is 54.7 Å². The monoisotopic (exact) mass is 297 g/mol. The van der Waals surface area contributed by atoms with Crippen LogP contribution in [0.2, 0.25) is 0 Å². The molecular weight excluding hydrogens is 274 g/mol. The molecule has 5 nitrogen and oxygen atoms in total. The van der Waals surface area contributed by atoms with E-state index in [1.54, 1.807) is 11.3 Å². The molecule has 2 heterocycles. The normalized spacial score (nSPS) is 17.3. The lowest BCUT2D eigenvalue weighted by Gasteiger charge is -2.31. The van der Waals surface area contributed by atoms with Crippen LogP contribution in [0.25, 0.3) is 0 Å². The van der Waals surface area contributed by atoms with Crippen LogP contribution in [0.3, 0.4) is 0 Å². The van der Waals surface area contributed by atoms with Crippen LogP contribution in [0, 0.1) is 5.92 Å². The second-order valence-corrected chi connectivity index (χ2v) is 6.48. The van der Waals surface area contributed by atoms with Gasteiger partial charge in [-0.05, 0) is 38.9 Å². The smallest absolute Gasteiger partial charge is 0.303 e. The van der Waals surface area contributed by atoms with E-state index in [4.69, 9.17) is 5.11 Å². The minimum atomic E-state index is -0.765. The molecule has 0 radical (unpaired) electrons. The number of likely N-dealkylation sites (tertiary alicyclic amines) is 1. The Morgan fingerprint density at radius 3 is 2.90 bits per heavy atom. The van der Waals surface area contributed by atoms with E-state index in [0.29, 0.717) is 6.42 Å². The Bertz CT molecular complexity index is 441. The van der Waals surface area contributed by atoms with Crippen molar-refractivity contribution < 1.29 is 9.90 Å². The summed E-state index contributed by atoms with van der Waals surface area (Å²) in [4.78, 5) is 19.7. The lowest BCUT2D eigenvalue weighted by molar-refractivity contribution is -0.136. The fourth-order valence-corrected chi connectivity index (χ4v) is 3.37. The van der Waals surface area contributed by atoms with E-state index in [-0.39, 0.29) is 6.42 Å². The molecule has 0 amide bonds. The number of carboxylic acid groups (broad SMARTS) is 1. The number of carbonyl (C=O) groups is 1. The maximum Gasteiger partial charge on any atom is 0.303 e. The van der Waals surface area contributed by atoms with Crippen molar-refractivity contribution in [2.24, 2.45) is 5.92 Å². The van der Waals surface area contributed by atoms with Gasteiger partial charge in [0, 0.05) is 25.4 Å². The molecule has 1 aromatic heterocycles. The summed E-state index contributed by atoms with van der Waals surface area (Å²) < 4.78 is 0. The molecule has 1 aliphatic heterocycles. The number of hydrogen-bond donors (Lipinski definition) is 1. The fourth-order valence-electron chi connectivity index (χ4n) is 2.53. The number of hydrogen-bond acceptors (Lipinski definition) is 5. The Labute approximate surface area is 124 Å². The first kappa shape index (κ1) is 15.3. The first-order chi connectivity index (χ1) is 9.54. The lowest BCUT2D eigenvalue weighted by Crippen LogP contribution is -2.35. The number of aliphatic carboxylic acids is 1. The van der Waals surface area contributed by atoms with Gasteiger partial charge in [0.05, 0.1) is 12.1 Å². The molecule has 0 saturated carbocycles. The number of thiazole rings is 1. The van der Waals surface area contributed by atoms with Crippen LogP contribution in [0.15, 0.2) is 5.38 Å². The molecular formula is C14H23N3O2S. The van der Waals surface area contributed by atoms with Gasteiger partial charge in [-0.2, -0.15) is 0 Å². The van der Waals surface area contributed by atoms with Crippen LogP contribution in [0.5, 0.6) is 0 Å². The standard InChI is InChI=1S/C14H23N3O2S/c1-16-7-5-11(6-8-16)9-17(2)14-15-12(10-20-14)3-4-13(18)19/h10-11H,3-9H2,1-2H3,(H,18,19). The van der Waals surface area contributed by atoms with Crippen LogP contribution in [-0.2, 0) is 11.2 Å². The summed E-state index contributed by atoms with van der Waals surface area (Å²) in [5, 5.41) is 11.7. The second-order valence-electron chi connectivity index (χ2n) is 5.64. The van der Waals surface area contributed by atoms with Crippen molar-refractivity contribution in [3.05, 3.63) is 11.1 Å². The van der Waals surface area contributed by atoms with Crippen LogP contribution in [0.1, 0.15) is 25.0 Å². The highest BCUT2D eigenvalue weighted by molar-refractivity contribution is 7.13. The van der Waals surface area contributed by atoms with Crippen LogP contribution in [0.4, 0.5) is 5.13 Å². The van der Waals surface area contributed by atoms with E-state index in [9.17, 15) is 4.79 Å². The maximum absolute atomic E-state index is 10.6. The molecule has 112 valence electrons. The third-order valence-corrected chi connectivity index (χ3v) is 4.84. The quantitative estimate of drug-likeness (QED) is 0.869. The molecule has 6 heteroatoms. The summed E-state index contributed by atoms with van der Waals surface area (Å²) in [5.74, 6) is -0.0261. The summed E-state index contributed by atoms with van der Waals surface area (Å²) in [6, 6.07) is 0. The zero-order valence-corrected chi connectivity index (χ0v) is 13.0. The van der Waals surface area contributed by atoms with Gasteiger partial charge in [0.25, 0.3) is 0 Å². The molecule has 1 aliphatic rings. The minimum Gasteiger partial charge on any atom is -0.481 e. The molecule has 0 spiro atoms. The van der Waals surface area contributed by atoms with Crippen molar-refractivity contribution in [3.63, 3.8) is 0 Å². The molecule has 1 N–H and O–H groups in total. The summed E-state index contributed by atoms with van der Waals surface area (Å²) in [7, 11) is 4.26. The lowest BCUT2D eigenvalue weighted by atomic mass is 9.97. The van der Waals surface area contributed by atoms with Gasteiger partial charge < -0.3 is 14.9 Å². The first-order valence-corrected chi connectivity index (χ1v) is 7.98. The topological polar surface area (TPSA) is 56.7 Å². The number of anilines is 1. The van der Waals surface area contributed by atoms with Gasteiger partial charge in [-0.1, -0.05) is 0 Å². The van der Waals surface area contributed by atoms with E-state index in [0.717, 1.165) is 23.3 Å². The van der Waals surface area contributed by atoms with Crippen molar-refractivity contribution in [2.75, 3.05) is 38.6 Å². The Hall–Kier alpha value is -1.14. The summed E-state index contributed by atoms with van der Waals surface area (Å²) >= 11 is 1.61. The Balaban J connectivity index is 1.83. The highest BCUT2D eigenvalue weighted by Crippen LogP contribution is 2.24. The number of piperidine rings is 1. The van der Waals surface area contributed by atoms with Crippen LogP contribution >= 0.6 is 11.3 Å². The summed E-state index contributed by atoms with van der Waals surface area (Å²) in [6.07, 6.45) is 3.17. The molecule has 0 unspecified atom stereocenters. The zero-order valence-electron chi connectivity index (χ0n) is 12.2. The number of aromatic nitrogens is 1. The van der Waals surface area contributed by atoms with Gasteiger partial charge >= 0.3 is 5.97 Å². The third kappa shape index (κ3) is 4.45. The van der Waals surface area contributed by atoms with E-state index in [2.05, 4.69) is 28.9 Å². The summed E-state index contributed by atoms with van der Waals surface area (Å²) in [5.41, 5.74) is 0.891. The van der Waals surface area contributed by atoms with Gasteiger partial charge in [0.15, 0.2) is 5.13 Å². The Morgan fingerprint density at radius 2 is 2.25 bits per heavy atom. The minimum absolute atomic E-state index is 0.155. The molecule has 0 aliphatic carbocycles. The molecule has 0 aromatic carbocycles. The van der Waals surface area contributed by atoms with Gasteiger partial charge in [-0.15, -0.1) is 11.3 Å². The van der Waals surface area contributed by atoms with Crippen LogP contribution < -0.4 is 4.90 Å². The number of aryl methyl sites for hydroxylation is 1. The number of nitrogens with zero attached hydrogens (tertiary/aromatic N) is 3. The second kappa shape index (κ2) is 7.04. The Kier molecular flexibility index (Phi) is 5.37. The summed E-state index contributed by atoms with van der Waals surface area (Å²) in [6.45, 7) is 3.40. The van der Waals surface area contributed by atoms with E-state index < -0.39 is 5.97 Å². The van der Waals surface area contributed by atoms with Gasteiger partial charge in [-0.25, -0.2) is 4.98 Å². The van der Waals surface area contributed by atoms with Crippen molar-refractivity contribution in [1.82, 2.24) is 9.88 Å². The molecule has 1 aromatic rings. The molecule has 1 fully saturated rings. The predicted octanol–water partition coefficient (Wildman–Crippen LogP) is 1.94. The van der Waals surface area contributed by atoms with E-state index >= 15 is 0 Å². The molecule has 20 heavy (non-hydrogen) atoms. The molecule has 0 bridgehead atoms. The average Bonchev–Trinajstić information content (AvgIpc) is 2.88. The Morgan fingerprint density at radius 1 is 1.55 bits per heavy atom. The molecule has 2 rings (SSSR count). The van der Waals surface area contributed by atoms with Crippen molar-refractivity contribution in [3.8, 4) is 0 Å². The molecule has 1 saturated heterocycles. The van der Waals surface area contributed by atoms with Crippen molar-refractivity contribution >= 4 is 22.4 Å². The largest absolute Gasteiger partial charge is 0.481 e. The van der Waals surface area contributed by atoms with Crippen molar-refractivity contribution in [1.29, 1.82) is 0 Å². The SMILES string of the molecule is CN1CCC(CN(C)c2nc(CCC(=O)O)cs2)CC1. The molecule has 0 atom stereocenters. The van der Waals surface area contributed by atoms with Gasteiger partial charge in [0.1, 0.15) is 0 Å². The van der Waals surface area contributed by atoms with Gasteiger partial charge in [-0.3, -0.25) is 4.79 Å². The van der Waals surface area contributed by atoms with Gasteiger partial charge in [0.2, 0.25) is 0 Å². The van der Waals surface area contributed by atoms with Crippen molar-refractivity contribution in [2.45, 2.75) is 25.7 Å². The highest BCUT2D eigenvalue weighted by atomic mass is 32.1. The average molecular weight is 297 g/mol. The first-order valence-electron chi connectivity index (χ1n) is 7.10. The zero-order chi connectivity index (χ0) is 14.5. The maximum atomic E-state index is 10.6. The van der Waals surface area contributed by atoms with E-state index in [1.807, 2.05) is 5.38 Å².